The molecule has 1 aliphatic rings. The van der Waals surface area contributed by atoms with E-state index in [-0.39, 0.29) is 16.1 Å². The van der Waals surface area contributed by atoms with Crippen LogP contribution in [0.4, 0.5) is 0 Å². The fourth-order valence-corrected chi connectivity index (χ4v) is 2.60. The highest BCUT2D eigenvalue weighted by molar-refractivity contribution is 8.21. The van der Waals surface area contributed by atoms with E-state index in [2.05, 4.69) is 0 Å². The topological polar surface area (TPSA) is 44.1 Å². The first kappa shape index (κ1) is 10.7. The third-order valence-corrected chi connectivity index (χ3v) is 3.46. The molecule has 3 nitrogen and oxygen atoms in total. The van der Waals surface area contributed by atoms with Crippen molar-refractivity contribution in [1.82, 2.24) is 4.90 Å². The Labute approximate surface area is 85.6 Å². The van der Waals surface area contributed by atoms with Gasteiger partial charge in [-0.2, -0.15) is 5.26 Å². The van der Waals surface area contributed by atoms with Crippen LogP contribution in [0.15, 0.2) is 28.0 Å². The summed E-state index contributed by atoms with van der Waals surface area (Å²) in [5.74, 6) is 1.66. The van der Waals surface area contributed by atoms with Crippen LogP contribution in [0.1, 0.15) is 0 Å². The zero-order chi connectivity index (χ0) is 10.6. The third-order valence-electron chi connectivity index (χ3n) is 1.51. The minimum absolute atomic E-state index is 0.0939. The summed E-state index contributed by atoms with van der Waals surface area (Å²) in [6.45, 7) is 0. The van der Waals surface area contributed by atoms with E-state index in [0.717, 1.165) is 4.91 Å². The molecule has 0 radical (unpaired) electrons. The second-order valence-corrected chi connectivity index (χ2v) is 4.56. The van der Waals surface area contributed by atoms with Gasteiger partial charge in [0.2, 0.25) is 0 Å². The lowest BCUT2D eigenvalue weighted by Gasteiger charge is -2.06. The lowest BCUT2D eigenvalue weighted by atomic mass is 10.3. The van der Waals surface area contributed by atoms with Gasteiger partial charge in [0.05, 0.1) is 0 Å². The summed E-state index contributed by atoms with van der Waals surface area (Å²) in [4.78, 5) is 13.1. The van der Waals surface area contributed by atoms with Gasteiger partial charge in [0.1, 0.15) is 17.6 Å². The molecule has 0 saturated heterocycles. The van der Waals surface area contributed by atoms with Gasteiger partial charge < -0.3 is 0 Å². The van der Waals surface area contributed by atoms with Crippen molar-refractivity contribution in [3.63, 3.8) is 0 Å². The lowest BCUT2D eigenvalue weighted by molar-refractivity contribution is 0.568. The molecule has 0 amide bonds. The molecule has 1 heterocycles. The molecule has 0 aliphatic carbocycles. The molecule has 1 atom stereocenters. The minimum Gasteiger partial charge on any atom is -0.282 e. The molecule has 4 heteroatoms. The standard InChI is InChI=1S/C10H10N2OS/c1-12(2)8-14-5-3-4-10(14)9(6-11)7-13/h3-5,8H,1-2H3. The van der Waals surface area contributed by atoms with Gasteiger partial charge in [-0.3, -0.25) is 4.90 Å². The Hall–Kier alpha value is -1.40. The second-order valence-electron chi connectivity index (χ2n) is 2.89. The average molecular weight is 206 g/mol. The van der Waals surface area contributed by atoms with Gasteiger partial charge >= 0.3 is 0 Å². The largest absolute Gasteiger partial charge is 0.282 e. The molecule has 1 aliphatic heterocycles. The Morgan fingerprint density at radius 3 is 2.86 bits per heavy atom. The summed E-state index contributed by atoms with van der Waals surface area (Å²) in [7, 11) is 3.55. The van der Waals surface area contributed by atoms with Crippen LogP contribution in [0.5, 0.6) is 0 Å². The molecule has 1 rings (SSSR count). The minimum atomic E-state index is -0.266. The maximum Gasteiger partial charge on any atom is 0.149 e. The molecular weight excluding hydrogens is 196 g/mol. The molecule has 1 unspecified atom stereocenters. The molecule has 0 fully saturated rings. The van der Waals surface area contributed by atoms with Crippen molar-refractivity contribution in [2.45, 2.75) is 0 Å². The SMILES string of the molecule is CN(C)C=S1C=CC=C1C(=C=O)C#N. The highest BCUT2D eigenvalue weighted by Gasteiger charge is 2.11. The van der Waals surface area contributed by atoms with Crippen LogP contribution in [0.2, 0.25) is 0 Å². The molecule has 0 saturated carbocycles. The average Bonchev–Trinajstić information content (AvgIpc) is 2.55. The first-order chi connectivity index (χ1) is 6.69. The van der Waals surface area contributed by atoms with Gasteiger partial charge in [0, 0.05) is 10.4 Å². The van der Waals surface area contributed by atoms with E-state index in [4.69, 9.17) is 5.26 Å². The Balaban J connectivity index is 3.06. The van der Waals surface area contributed by atoms with Crippen LogP contribution in [0.25, 0.3) is 0 Å². The van der Waals surface area contributed by atoms with Crippen LogP contribution in [0, 0.1) is 11.3 Å². The molecule has 14 heavy (non-hydrogen) atoms. The Morgan fingerprint density at radius 2 is 2.36 bits per heavy atom. The van der Waals surface area contributed by atoms with Crippen molar-refractivity contribution in [3.05, 3.63) is 28.0 Å². The van der Waals surface area contributed by atoms with E-state index in [0.29, 0.717) is 0 Å². The summed E-state index contributed by atoms with van der Waals surface area (Å²) < 4.78 is 0. The van der Waals surface area contributed by atoms with Crippen LogP contribution in [0.3, 0.4) is 0 Å². The third kappa shape index (κ3) is 2.30. The monoisotopic (exact) mass is 206 g/mol. The molecule has 72 valence electrons. The second kappa shape index (κ2) is 4.73. The van der Waals surface area contributed by atoms with E-state index < -0.39 is 0 Å². The zero-order valence-corrected chi connectivity index (χ0v) is 8.84. The maximum atomic E-state index is 10.5. The Kier molecular flexibility index (Phi) is 3.61. The summed E-state index contributed by atoms with van der Waals surface area (Å²) in [5, 5.41) is 10.7. The number of nitriles is 1. The predicted octanol–water partition coefficient (Wildman–Crippen LogP) is 1.27. The van der Waals surface area contributed by atoms with Crippen molar-refractivity contribution < 1.29 is 4.79 Å². The normalized spacial score (nSPS) is 19.3. The number of hydrogen-bond acceptors (Lipinski definition) is 2. The molecule has 0 N–H and O–H groups in total. The van der Waals surface area contributed by atoms with E-state index >= 15 is 0 Å². The Morgan fingerprint density at radius 1 is 1.64 bits per heavy atom. The molecule has 0 spiro atoms. The highest BCUT2D eigenvalue weighted by Crippen LogP contribution is 2.35. The van der Waals surface area contributed by atoms with Crippen LogP contribution < -0.4 is 0 Å². The van der Waals surface area contributed by atoms with E-state index in [1.165, 1.54) is 0 Å². The van der Waals surface area contributed by atoms with Crippen LogP contribution in [-0.2, 0) is 4.79 Å². The van der Waals surface area contributed by atoms with Crippen molar-refractivity contribution >= 4 is 21.9 Å². The van der Waals surface area contributed by atoms with Crippen molar-refractivity contribution in [3.8, 4) is 6.07 Å². The van der Waals surface area contributed by atoms with Gasteiger partial charge in [-0.25, -0.2) is 4.79 Å². The number of rotatable bonds is 2. The summed E-state index contributed by atoms with van der Waals surface area (Å²) in [5.41, 5.74) is 2.06. The molecule has 0 aromatic heterocycles. The summed E-state index contributed by atoms with van der Waals surface area (Å²) >= 11 is 0. The number of hydrogen-bond donors (Lipinski definition) is 0. The van der Waals surface area contributed by atoms with Crippen molar-refractivity contribution in [1.29, 1.82) is 5.26 Å². The van der Waals surface area contributed by atoms with E-state index in [1.54, 1.807) is 12.0 Å². The summed E-state index contributed by atoms with van der Waals surface area (Å²) in [6.07, 6.45) is 3.64. The van der Waals surface area contributed by atoms with Crippen molar-refractivity contribution in [2.24, 2.45) is 0 Å². The van der Waals surface area contributed by atoms with E-state index in [9.17, 15) is 4.79 Å². The molecule has 0 aromatic rings. The molecule has 0 bridgehead atoms. The maximum absolute atomic E-state index is 10.5. The van der Waals surface area contributed by atoms with Crippen LogP contribution >= 0.6 is 10.5 Å². The van der Waals surface area contributed by atoms with E-state index in [1.807, 2.05) is 42.0 Å². The number of nitrogens with zero attached hydrogens (tertiary/aromatic N) is 2. The number of allylic oxidation sites excluding steroid dienone is 3. The van der Waals surface area contributed by atoms with Crippen molar-refractivity contribution in [2.75, 3.05) is 14.1 Å². The fourth-order valence-electron chi connectivity index (χ4n) is 1.01. The smallest absolute Gasteiger partial charge is 0.149 e. The molecule has 0 aromatic carbocycles. The van der Waals surface area contributed by atoms with Gasteiger partial charge in [0.15, 0.2) is 0 Å². The summed E-state index contributed by atoms with van der Waals surface area (Å²) in [6, 6.07) is 1.85. The zero-order valence-electron chi connectivity index (χ0n) is 8.02. The van der Waals surface area contributed by atoms with Gasteiger partial charge in [-0.1, -0.05) is 6.08 Å². The van der Waals surface area contributed by atoms with Gasteiger partial charge in [0.25, 0.3) is 0 Å². The quantitative estimate of drug-likeness (QED) is 0.388. The predicted molar refractivity (Wildman–Crippen MR) is 59.4 cm³/mol. The highest BCUT2D eigenvalue weighted by atomic mass is 32.2. The van der Waals surface area contributed by atoms with Gasteiger partial charge in [-0.15, -0.1) is 10.5 Å². The Bertz CT molecular complexity index is 418. The first-order valence-corrected chi connectivity index (χ1v) is 5.31. The lowest BCUT2D eigenvalue weighted by Crippen LogP contribution is -2.07. The number of carbonyl (C=O) groups excluding carboxylic acids is 1. The fraction of sp³-hybridized carbons (Fsp3) is 0.200. The van der Waals surface area contributed by atoms with Gasteiger partial charge in [-0.05, 0) is 25.6 Å². The first-order valence-electron chi connectivity index (χ1n) is 3.96. The molecular formula is C10H10N2OS. The van der Waals surface area contributed by atoms with Crippen LogP contribution in [-0.4, -0.2) is 30.4 Å².